The molecule has 1 aromatic carbocycles. The highest BCUT2D eigenvalue weighted by atomic mass is 16.5. The van der Waals surface area contributed by atoms with E-state index in [1.807, 2.05) is 31.2 Å². The highest BCUT2D eigenvalue weighted by Crippen LogP contribution is 2.16. The van der Waals surface area contributed by atoms with Gasteiger partial charge in [0, 0.05) is 0 Å². The van der Waals surface area contributed by atoms with Crippen LogP contribution in [-0.4, -0.2) is 9.78 Å². The first kappa shape index (κ1) is 9.58. The minimum atomic E-state index is 0.377. The predicted octanol–water partition coefficient (Wildman–Crippen LogP) is 1.81. The number of hydrogen-bond donors (Lipinski definition) is 1. The van der Waals surface area contributed by atoms with E-state index in [1.165, 1.54) is 0 Å². The van der Waals surface area contributed by atoms with Crippen molar-refractivity contribution < 1.29 is 4.74 Å². The Balaban J connectivity index is 2.02. The summed E-state index contributed by atoms with van der Waals surface area (Å²) >= 11 is 0. The highest BCUT2D eigenvalue weighted by Gasteiger charge is 1.98. The fourth-order valence-electron chi connectivity index (χ4n) is 1.30. The third kappa shape index (κ3) is 2.28. The minimum absolute atomic E-state index is 0.377. The van der Waals surface area contributed by atoms with Crippen LogP contribution in [-0.2, 0) is 6.73 Å². The lowest BCUT2D eigenvalue weighted by Crippen LogP contribution is -2.05. The van der Waals surface area contributed by atoms with Gasteiger partial charge in [0.25, 0.3) is 0 Å². The van der Waals surface area contributed by atoms with Crippen LogP contribution in [0.5, 0.6) is 5.75 Å². The maximum absolute atomic E-state index is 5.58. The molecule has 0 bridgehead atoms. The average molecular weight is 203 g/mol. The van der Waals surface area contributed by atoms with E-state index in [0.29, 0.717) is 12.4 Å². The smallest absolute Gasteiger partial charge is 0.180 e. The second-order valence-corrected chi connectivity index (χ2v) is 3.35. The van der Waals surface area contributed by atoms with Crippen LogP contribution in [0.4, 0.5) is 5.69 Å². The molecule has 0 aliphatic heterocycles. The molecule has 0 saturated heterocycles. The average Bonchev–Trinajstić information content (AvgIpc) is 2.63. The van der Waals surface area contributed by atoms with Crippen LogP contribution in [0.1, 0.15) is 5.56 Å². The monoisotopic (exact) mass is 203 g/mol. The molecule has 4 heteroatoms. The largest absolute Gasteiger partial charge is 0.471 e. The zero-order valence-corrected chi connectivity index (χ0v) is 8.55. The number of anilines is 1. The Kier molecular flexibility index (Phi) is 2.58. The molecule has 2 N–H and O–H groups in total. The van der Waals surface area contributed by atoms with Crippen LogP contribution in [0.25, 0.3) is 0 Å². The van der Waals surface area contributed by atoms with Crippen molar-refractivity contribution in [1.82, 2.24) is 9.78 Å². The third-order valence-electron chi connectivity index (χ3n) is 2.10. The second kappa shape index (κ2) is 4.04. The van der Waals surface area contributed by atoms with E-state index in [4.69, 9.17) is 10.5 Å². The lowest BCUT2D eigenvalue weighted by atomic mass is 10.2. The maximum Gasteiger partial charge on any atom is 0.180 e. The number of nitrogens with zero attached hydrogens (tertiary/aromatic N) is 2. The summed E-state index contributed by atoms with van der Waals surface area (Å²) in [5, 5.41) is 4.03. The van der Waals surface area contributed by atoms with Gasteiger partial charge in [-0.1, -0.05) is 18.2 Å². The molecule has 0 fully saturated rings. The summed E-state index contributed by atoms with van der Waals surface area (Å²) in [4.78, 5) is 0. The zero-order chi connectivity index (χ0) is 10.7. The van der Waals surface area contributed by atoms with E-state index in [1.54, 1.807) is 17.1 Å². The quantitative estimate of drug-likeness (QED) is 0.827. The fourth-order valence-corrected chi connectivity index (χ4v) is 1.30. The molecule has 4 nitrogen and oxygen atoms in total. The topological polar surface area (TPSA) is 53.1 Å². The Morgan fingerprint density at radius 2 is 2.20 bits per heavy atom. The first-order chi connectivity index (χ1) is 7.25. The molecule has 0 aliphatic carbocycles. The Morgan fingerprint density at radius 1 is 1.40 bits per heavy atom. The zero-order valence-electron chi connectivity index (χ0n) is 8.55. The lowest BCUT2D eigenvalue weighted by Gasteiger charge is -2.08. The summed E-state index contributed by atoms with van der Waals surface area (Å²) in [6.45, 7) is 2.38. The molecule has 1 heterocycles. The number of rotatable bonds is 3. The molecule has 2 rings (SSSR count). The number of hydrogen-bond acceptors (Lipinski definition) is 3. The molecule has 0 spiro atoms. The molecule has 0 unspecified atom stereocenters. The van der Waals surface area contributed by atoms with Gasteiger partial charge in [0.05, 0.1) is 18.1 Å². The van der Waals surface area contributed by atoms with Crippen LogP contribution in [0.2, 0.25) is 0 Å². The highest BCUT2D eigenvalue weighted by molar-refractivity contribution is 5.32. The van der Waals surface area contributed by atoms with Gasteiger partial charge in [-0.3, -0.25) is 0 Å². The Bertz CT molecular complexity index is 451. The molecule has 0 radical (unpaired) electrons. The number of para-hydroxylation sites is 1. The van der Waals surface area contributed by atoms with Crippen LogP contribution in [0.15, 0.2) is 36.7 Å². The van der Waals surface area contributed by atoms with Gasteiger partial charge in [-0.25, -0.2) is 4.68 Å². The molecule has 15 heavy (non-hydrogen) atoms. The van der Waals surface area contributed by atoms with Crippen molar-refractivity contribution in [3.8, 4) is 5.75 Å². The molecule has 0 aliphatic rings. The minimum Gasteiger partial charge on any atom is -0.471 e. The van der Waals surface area contributed by atoms with E-state index in [2.05, 4.69) is 5.10 Å². The van der Waals surface area contributed by atoms with Gasteiger partial charge in [0.2, 0.25) is 0 Å². The van der Waals surface area contributed by atoms with E-state index in [9.17, 15) is 0 Å². The fraction of sp³-hybridized carbons (Fsp3) is 0.182. The van der Waals surface area contributed by atoms with Crippen LogP contribution < -0.4 is 10.5 Å². The lowest BCUT2D eigenvalue weighted by molar-refractivity contribution is 0.220. The van der Waals surface area contributed by atoms with Crippen molar-refractivity contribution in [2.45, 2.75) is 13.7 Å². The number of aromatic nitrogens is 2. The van der Waals surface area contributed by atoms with Crippen LogP contribution >= 0.6 is 0 Å². The SMILES string of the molecule is Cc1ccccc1OCn1cc(N)cn1. The van der Waals surface area contributed by atoms with E-state index in [-0.39, 0.29) is 0 Å². The summed E-state index contributed by atoms with van der Waals surface area (Å²) in [6, 6.07) is 7.86. The molecule has 0 amide bonds. The van der Waals surface area contributed by atoms with Crippen LogP contribution in [0.3, 0.4) is 0 Å². The number of benzene rings is 1. The van der Waals surface area contributed by atoms with Crippen molar-refractivity contribution >= 4 is 5.69 Å². The summed E-state index contributed by atoms with van der Waals surface area (Å²) in [7, 11) is 0. The van der Waals surface area contributed by atoms with E-state index in [0.717, 1.165) is 11.3 Å². The van der Waals surface area contributed by atoms with E-state index >= 15 is 0 Å². The molecule has 78 valence electrons. The number of nitrogen functional groups attached to an aromatic ring is 1. The van der Waals surface area contributed by atoms with Crippen molar-refractivity contribution in [1.29, 1.82) is 0 Å². The Labute approximate surface area is 88.3 Å². The summed E-state index contributed by atoms with van der Waals surface area (Å²) in [6.07, 6.45) is 3.33. The molecule has 2 aromatic rings. The Hall–Kier alpha value is -1.97. The standard InChI is InChI=1S/C11H13N3O/c1-9-4-2-3-5-11(9)15-8-14-7-10(12)6-13-14/h2-7H,8,12H2,1H3. The van der Waals surface area contributed by atoms with Crippen LogP contribution in [0, 0.1) is 6.92 Å². The summed E-state index contributed by atoms with van der Waals surface area (Å²) < 4.78 is 7.24. The van der Waals surface area contributed by atoms with Gasteiger partial charge in [0.15, 0.2) is 6.73 Å². The molecule has 0 atom stereocenters. The van der Waals surface area contributed by atoms with Gasteiger partial charge in [0.1, 0.15) is 5.75 Å². The first-order valence-electron chi connectivity index (χ1n) is 4.72. The molecule has 1 aromatic heterocycles. The maximum atomic E-state index is 5.58. The second-order valence-electron chi connectivity index (χ2n) is 3.35. The summed E-state index contributed by atoms with van der Waals surface area (Å²) in [5.41, 5.74) is 7.29. The van der Waals surface area contributed by atoms with E-state index < -0.39 is 0 Å². The van der Waals surface area contributed by atoms with Gasteiger partial charge in [-0.15, -0.1) is 0 Å². The van der Waals surface area contributed by atoms with Gasteiger partial charge in [-0.05, 0) is 18.6 Å². The molecule has 0 saturated carbocycles. The summed E-state index contributed by atoms with van der Waals surface area (Å²) in [5.74, 6) is 0.867. The first-order valence-corrected chi connectivity index (χ1v) is 4.72. The van der Waals surface area contributed by atoms with Gasteiger partial charge < -0.3 is 10.5 Å². The van der Waals surface area contributed by atoms with Gasteiger partial charge >= 0.3 is 0 Å². The van der Waals surface area contributed by atoms with Crippen molar-refractivity contribution in [3.63, 3.8) is 0 Å². The molecular formula is C11H13N3O. The van der Waals surface area contributed by atoms with Gasteiger partial charge in [-0.2, -0.15) is 5.10 Å². The van der Waals surface area contributed by atoms with Crippen molar-refractivity contribution in [3.05, 3.63) is 42.2 Å². The molecular weight excluding hydrogens is 190 g/mol. The Morgan fingerprint density at radius 3 is 2.87 bits per heavy atom. The van der Waals surface area contributed by atoms with Crippen molar-refractivity contribution in [2.24, 2.45) is 0 Å². The van der Waals surface area contributed by atoms with Crippen molar-refractivity contribution in [2.75, 3.05) is 5.73 Å². The predicted molar refractivity (Wildman–Crippen MR) is 58.4 cm³/mol. The number of ether oxygens (including phenoxy) is 1. The normalized spacial score (nSPS) is 10.2. The number of aryl methyl sites for hydroxylation is 1. The number of nitrogens with two attached hydrogens (primary N) is 1. The third-order valence-corrected chi connectivity index (χ3v) is 2.10.